The maximum atomic E-state index is 12.9. The molecule has 2 aromatic carbocycles. The molecule has 4 N–H and O–H groups in total. The predicted octanol–water partition coefficient (Wildman–Crippen LogP) is 4.15. The van der Waals surface area contributed by atoms with Gasteiger partial charge < -0.3 is 25.7 Å². The van der Waals surface area contributed by atoms with Crippen LogP contribution in [0.15, 0.2) is 42.5 Å². The van der Waals surface area contributed by atoms with Gasteiger partial charge >= 0.3 is 11.9 Å². The molecule has 13 heteroatoms. The quantitative estimate of drug-likeness (QED) is 0.273. The fourth-order valence-electron chi connectivity index (χ4n) is 3.81. The SMILES string of the molecule is O=C(O)CCCCN1C(=O)SC[C@@H]1C(=O)N[C@H](Cc1ccc(NC(=O)c2c(Cl)cccc2Cl)cc1)C(=O)O. The predicted molar refractivity (Wildman–Crippen MR) is 144 cm³/mol. The van der Waals surface area contributed by atoms with E-state index in [0.29, 0.717) is 24.1 Å². The number of hydrogen-bond donors (Lipinski definition) is 4. The van der Waals surface area contributed by atoms with Crippen molar-refractivity contribution in [2.75, 3.05) is 17.6 Å². The molecule has 0 bridgehead atoms. The number of nitrogens with one attached hydrogen (secondary N) is 2. The summed E-state index contributed by atoms with van der Waals surface area (Å²) in [4.78, 5) is 61.5. The van der Waals surface area contributed by atoms with E-state index in [0.717, 1.165) is 11.8 Å². The Morgan fingerprint density at radius 3 is 2.29 bits per heavy atom. The van der Waals surface area contributed by atoms with Crippen LogP contribution in [0.5, 0.6) is 0 Å². The van der Waals surface area contributed by atoms with Crippen LogP contribution in [0.3, 0.4) is 0 Å². The molecule has 0 saturated carbocycles. The summed E-state index contributed by atoms with van der Waals surface area (Å²) in [5.41, 5.74) is 1.16. The normalized spacial score (nSPS) is 15.7. The number of thioether (sulfide) groups is 1. The fourth-order valence-corrected chi connectivity index (χ4v) is 5.39. The van der Waals surface area contributed by atoms with Gasteiger partial charge in [0.1, 0.15) is 12.1 Å². The summed E-state index contributed by atoms with van der Waals surface area (Å²) < 4.78 is 0. The third kappa shape index (κ3) is 7.86. The van der Waals surface area contributed by atoms with Crippen molar-refractivity contribution in [3.63, 3.8) is 0 Å². The van der Waals surface area contributed by atoms with Crippen LogP contribution in [0.25, 0.3) is 0 Å². The summed E-state index contributed by atoms with van der Waals surface area (Å²) in [6.45, 7) is 0.210. The molecule has 3 amide bonds. The van der Waals surface area contributed by atoms with Crippen molar-refractivity contribution >= 4 is 69.6 Å². The molecule has 2 atom stereocenters. The summed E-state index contributed by atoms with van der Waals surface area (Å²) in [5, 5.41) is 23.7. The number of hydrogen-bond acceptors (Lipinski definition) is 6. The molecule has 0 unspecified atom stereocenters. The van der Waals surface area contributed by atoms with Crippen molar-refractivity contribution in [2.45, 2.75) is 37.8 Å². The molecule has 0 aromatic heterocycles. The van der Waals surface area contributed by atoms with E-state index in [2.05, 4.69) is 10.6 Å². The minimum atomic E-state index is -1.25. The van der Waals surface area contributed by atoms with E-state index in [1.165, 1.54) is 4.90 Å². The number of unbranched alkanes of at least 4 members (excludes halogenated alkanes) is 1. The Morgan fingerprint density at radius 2 is 1.68 bits per heavy atom. The molecule has 3 rings (SSSR count). The standard InChI is InChI=1S/C25H25Cl2N3O7S/c26-16-4-3-5-17(27)21(16)23(34)28-15-9-7-14(8-10-15)12-18(24(35)36)29-22(33)19-13-38-25(37)30(19)11-2-1-6-20(31)32/h3-5,7-10,18-19H,1-2,6,11-13H2,(H,28,34)(H,29,33)(H,31,32)(H,35,36)/t18-,19-/m1/s1. The summed E-state index contributed by atoms with van der Waals surface area (Å²) in [6.07, 6.45) is 0.704. The first-order chi connectivity index (χ1) is 18.1. The van der Waals surface area contributed by atoms with Gasteiger partial charge in [0.2, 0.25) is 5.91 Å². The number of carboxylic acid groups (broad SMARTS) is 2. The molecule has 1 fully saturated rings. The van der Waals surface area contributed by atoms with Crippen LogP contribution in [0.2, 0.25) is 10.0 Å². The zero-order chi connectivity index (χ0) is 27.8. The molecule has 1 heterocycles. The molecule has 1 aliphatic rings. The van der Waals surface area contributed by atoms with Gasteiger partial charge in [-0.25, -0.2) is 4.79 Å². The van der Waals surface area contributed by atoms with E-state index in [1.807, 2.05) is 0 Å². The second kappa shape index (κ2) is 13.5. The van der Waals surface area contributed by atoms with E-state index >= 15 is 0 Å². The number of halogens is 2. The van der Waals surface area contributed by atoms with E-state index < -0.39 is 35.8 Å². The molecule has 0 spiro atoms. The number of carbonyl (C=O) groups is 5. The average Bonchev–Trinajstić information content (AvgIpc) is 3.22. The highest BCUT2D eigenvalue weighted by Gasteiger charge is 2.38. The fraction of sp³-hybridized carbons (Fsp3) is 0.320. The van der Waals surface area contributed by atoms with E-state index in [-0.39, 0.29) is 46.0 Å². The number of carbonyl (C=O) groups excluding carboxylic acids is 3. The first-order valence-electron chi connectivity index (χ1n) is 11.6. The highest BCUT2D eigenvalue weighted by molar-refractivity contribution is 8.13. The number of carboxylic acids is 2. The van der Waals surface area contributed by atoms with Crippen molar-refractivity contribution in [1.29, 1.82) is 0 Å². The summed E-state index contributed by atoms with van der Waals surface area (Å²) in [6, 6.07) is 9.04. The number of benzene rings is 2. The van der Waals surface area contributed by atoms with E-state index in [1.54, 1.807) is 42.5 Å². The lowest BCUT2D eigenvalue weighted by Crippen LogP contribution is -2.51. The molecule has 1 saturated heterocycles. The lowest BCUT2D eigenvalue weighted by molar-refractivity contribution is -0.142. The van der Waals surface area contributed by atoms with Crippen molar-refractivity contribution < 1.29 is 34.2 Å². The number of rotatable bonds is 12. The number of nitrogens with zero attached hydrogens (tertiary/aromatic N) is 1. The van der Waals surface area contributed by atoms with Gasteiger partial charge in [-0.3, -0.25) is 19.2 Å². The zero-order valence-corrected chi connectivity index (χ0v) is 22.3. The van der Waals surface area contributed by atoms with Gasteiger partial charge in [-0.05, 0) is 42.7 Å². The summed E-state index contributed by atoms with van der Waals surface area (Å²) in [7, 11) is 0. The number of amides is 3. The monoisotopic (exact) mass is 581 g/mol. The van der Waals surface area contributed by atoms with Gasteiger partial charge in [-0.2, -0.15) is 0 Å². The van der Waals surface area contributed by atoms with Gasteiger partial charge in [-0.1, -0.05) is 53.2 Å². The smallest absolute Gasteiger partial charge is 0.326 e. The second-order valence-corrected chi connectivity index (χ2v) is 10.3. The Bertz CT molecular complexity index is 1210. The molecular weight excluding hydrogens is 557 g/mol. The van der Waals surface area contributed by atoms with Crippen molar-refractivity contribution in [3.05, 3.63) is 63.6 Å². The minimum Gasteiger partial charge on any atom is -0.481 e. The van der Waals surface area contributed by atoms with Gasteiger partial charge in [0, 0.05) is 30.8 Å². The Morgan fingerprint density at radius 1 is 1.03 bits per heavy atom. The molecule has 202 valence electrons. The average molecular weight is 582 g/mol. The van der Waals surface area contributed by atoms with Gasteiger partial charge in [0.05, 0.1) is 15.6 Å². The van der Waals surface area contributed by atoms with Gasteiger partial charge in [0.15, 0.2) is 0 Å². The van der Waals surface area contributed by atoms with Crippen molar-refractivity contribution in [1.82, 2.24) is 10.2 Å². The van der Waals surface area contributed by atoms with Gasteiger partial charge in [0.25, 0.3) is 11.1 Å². The maximum absolute atomic E-state index is 12.9. The summed E-state index contributed by atoms with van der Waals surface area (Å²) >= 11 is 13.1. The Kier molecular flexibility index (Phi) is 10.4. The van der Waals surface area contributed by atoms with Crippen LogP contribution in [0, 0.1) is 0 Å². The molecule has 0 radical (unpaired) electrons. The Labute approximate surface area is 232 Å². The molecule has 2 aromatic rings. The number of aliphatic carboxylic acids is 2. The third-order valence-electron chi connectivity index (χ3n) is 5.77. The van der Waals surface area contributed by atoms with Gasteiger partial charge in [-0.15, -0.1) is 0 Å². The first kappa shape index (κ1) is 29.3. The number of anilines is 1. The second-order valence-electron chi connectivity index (χ2n) is 8.49. The topological polar surface area (TPSA) is 153 Å². The van der Waals surface area contributed by atoms with Crippen LogP contribution in [0.1, 0.15) is 35.2 Å². The van der Waals surface area contributed by atoms with Crippen LogP contribution in [-0.4, -0.2) is 68.5 Å². The third-order valence-corrected chi connectivity index (χ3v) is 7.37. The molecule has 1 aliphatic heterocycles. The lowest BCUT2D eigenvalue weighted by Gasteiger charge is -2.24. The molecular formula is C25H25Cl2N3O7S. The molecule has 0 aliphatic carbocycles. The Balaban J connectivity index is 1.60. The van der Waals surface area contributed by atoms with Crippen molar-refractivity contribution in [3.8, 4) is 0 Å². The highest BCUT2D eigenvalue weighted by Crippen LogP contribution is 2.26. The van der Waals surface area contributed by atoms with Crippen LogP contribution >= 0.6 is 35.0 Å². The zero-order valence-electron chi connectivity index (χ0n) is 20.0. The molecule has 10 nitrogen and oxygen atoms in total. The van der Waals surface area contributed by atoms with Crippen LogP contribution in [0.4, 0.5) is 10.5 Å². The first-order valence-corrected chi connectivity index (χ1v) is 13.3. The van der Waals surface area contributed by atoms with E-state index in [4.69, 9.17) is 28.3 Å². The lowest BCUT2D eigenvalue weighted by atomic mass is 10.0. The maximum Gasteiger partial charge on any atom is 0.326 e. The molecule has 38 heavy (non-hydrogen) atoms. The van der Waals surface area contributed by atoms with Crippen LogP contribution < -0.4 is 10.6 Å². The van der Waals surface area contributed by atoms with E-state index in [9.17, 15) is 29.1 Å². The summed E-state index contributed by atoms with van der Waals surface area (Å²) in [5.74, 6) is -3.09. The Hall–Kier alpha value is -3.28. The van der Waals surface area contributed by atoms with Crippen molar-refractivity contribution in [2.24, 2.45) is 0 Å². The largest absolute Gasteiger partial charge is 0.481 e. The minimum absolute atomic E-state index is 0.0297. The van der Waals surface area contributed by atoms with Crippen LogP contribution in [-0.2, 0) is 20.8 Å². The highest BCUT2D eigenvalue weighted by atomic mass is 35.5.